The molecule has 118 valence electrons. The minimum Gasteiger partial charge on any atom is -0.354 e. The quantitative estimate of drug-likeness (QED) is 0.878. The standard InChI is InChI=1S/C14H20F3N3O/c15-14(16,17)12-7-9-20(19-12)10-8-18-13(21)6-5-11-3-1-2-4-11/h7,9,11H,1-6,8,10H2,(H,18,21). The first kappa shape index (κ1) is 15.9. The molecule has 0 atom stereocenters. The van der Waals surface area contributed by atoms with Gasteiger partial charge in [0.2, 0.25) is 5.91 Å². The first-order valence-electron chi connectivity index (χ1n) is 7.32. The number of halogens is 3. The van der Waals surface area contributed by atoms with Crippen molar-refractivity contribution in [1.82, 2.24) is 15.1 Å². The molecule has 4 nitrogen and oxygen atoms in total. The van der Waals surface area contributed by atoms with Crippen LogP contribution in [0.3, 0.4) is 0 Å². The molecule has 1 aromatic rings. The Morgan fingerprint density at radius 1 is 1.38 bits per heavy atom. The lowest BCUT2D eigenvalue weighted by Gasteiger charge is -2.09. The average Bonchev–Trinajstić information content (AvgIpc) is 3.07. The lowest BCUT2D eigenvalue weighted by atomic mass is 10.0. The smallest absolute Gasteiger partial charge is 0.354 e. The number of carbonyl (C=O) groups is 1. The van der Waals surface area contributed by atoms with E-state index in [2.05, 4.69) is 10.4 Å². The number of hydrogen-bond donors (Lipinski definition) is 1. The Hall–Kier alpha value is -1.53. The van der Waals surface area contributed by atoms with E-state index in [9.17, 15) is 18.0 Å². The number of amides is 1. The summed E-state index contributed by atoms with van der Waals surface area (Å²) in [5, 5.41) is 6.15. The van der Waals surface area contributed by atoms with Gasteiger partial charge in [-0.05, 0) is 18.4 Å². The van der Waals surface area contributed by atoms with Crippen LogP contribution in [-0.2, 0) is 17.5 Å². The van der Waals surface area contributed by atoms with Crippen LogP contribution in [0.4, 0.5) is 13.2 Å². The summed E-state index contributed by atoms with van der Waals surface area (Å²) in [7, 11) is 0. The summed E-state index contributed by atoms with van der Waals surface area (Å²) in [6, 6.07) is 0.932. The number of rotatable bonds is 6. The highest BCUT2D eigenvalue weighted by molar-refractivity contribution is 5.75. The van der Waals surface area contributed by atoms with E-state index in [0.717, 1.165) is 12.5 Å². The second-order valence-corrected chi connectivity index (χ2v) is 5.50. The molecule has 1 aliphatic rings. The zero-order valence-corrected chi connectivity index (χ0v) is 11.8. The normalized spacial score (nSPS) is 16.3. The molecule has 0 radical (unpaired) electrons. The van der Waals surface area contributed by atoms with Gasteiger partial charge in [0, 0.05) is 19.2 Å². The molecule has 1 heterocycles. The Bertz CT molecular complexity index is 464. The third kappa shape index (κ3) is 5.06. The van der Waals surface area contributed by atoms with Crippen LogP contribution in [0.1, 0.15) is 44.2 Å². The zero-order chi connectivity index (χ0) is 15.3. The summed E-state index contributed by atoms with van der Waals surface area (Å²) >= 11 is 0. The van der Waals surface area contributed by atoms with Crippen molar-refractivity contribution in [2.45, 2.75) is 51.2 Å². The molecule has 0 spiro atoms. The molecule has 1 aromatic heterocycles. The Labute approximate surface area is 121 Å². The van der Waals surface area contributed by atoms with Crippen molar-refractivity contribution in [2.24, 2.45) is 5.92 Å². The molecule has 0 unspecified atom stereocenters. The molecule has 1 saturated carbocycles. The van der Waals surface area contributed by atoms with Crippen molar-refractivity contribution in [3.8, 4) is 0 Å². The van der Waals surface area contributed by atoms with Gasteiger partial charge < -0.3 is 5.32 Å². The highest BCUT2D eigenvalue weighted by Gasteiger charge is 2.33. The van der Waals surface area contributed by atoms with Gasteiger partial charge in [-0.3, -0.25) is 9.48 Å². The fraction of sp³-hybridized carbons (Fsp3) is 0.714. The Morgan fingerprint density at radius 3 is 2.71 bits per heavy atom. The van der Waals surface area contributed by atoms with Gasteiger partial charge in [-0.15, -0.1) is 0 Å². The number of carbonyl (C=O) groups excluding carboxylic acids is 1. The molecule has 1 N–H and O–H groups in total. The predicted octanol–water partition coefficient (Wildman–Crippen LogP) is 2.99. The van der Waals surface area contributed by atoms with E-state index in [0.29, 0.717) is 18.9 Å². The summed E-state index contributed by atoms with van der Waals surface area (Å²) in [4.78, 5) is 11.6. The Morgan fingerprint density at radius 2 is 2.10 bits per heavy atom. The average molecular weight is 303 g/mol. The number of hydrogen-bond acceptors (Lipinski definition) is 2. The van der Waals surface area contributed by atoms with E-state index in [-0.39, 0.29) is 12.5 Å². The first-order chi connectivity index (χ1) is 9.95. The highest BCUT2D eigenvalue weighted by Crippen LogP contribution is 2.28. The summed E-state index contributed by atoms with van der Waals surface area (Å²) < 4.78 is 38.3. The van der Waals surface area contributed by atoms with Crippen molar-refractivity contribution in [2.75, 3.05) is 6.54 Å². The third-order valence-corrected chi connectivity index (χ3v) is 3.85. The third-order valence-electron chi connectivity index (χ3n) is 3.85. The molecule has 7 heteroatoms. The van der Waals surface area contributed by atoms with Crippen LogP contribution in [0.15, 0.2) is 12.3 Å². The summed E-state index contributed by atoms with van der Waals surface area (Å²) in [6.45, 7) is 0.535. The maximum absolute atomic E-state index is 12.4. The molecule has 0 saturated heterocycles. The van der Waals surface area contributed by atoms with Gasteiger partial charge in [0.05, 0.1) is 6.54 Å². The van der Waals surface area contributed by atoms with Crippen LogP contribution in [0, 0.1) is 5.92 Å². The van der Waals surface area contributed by atoms with Crippen LogP contribution >= 0.6 is 0 Å². The van der Waals surface area contributed by atoms with Crippen molar-refractivity contribution < 1.29 is 18.0 Å². The molecular weight excluding hydrogens is 283 g/mol. The molecular formula is C14H20F3N3O. The minimum absolute atomic E-state index is 0.0369. The summed E-state index contributed by atoms with van der Waals surface area (Å²) in [5.74, 6) is 0.626. The van der Waals surface area contributed by atoms with Crippen molar-refractivity contribution in [1.29, 1.82) is 0 Å². The van der Waals surface area contributed by atoms with E-state index in [1.54, 1.807) is 0 Å². The van der Waals surface area contributed by atoms with E-state index >= 15 is 0 Å². The molecule has 0 aromatic carbocycles. The monoisotopic (exact) mass is 303 g/mol. The molecule has 0 aliphatic heterocycles. The highest BCUT2D eigenvalue weighted by atomic mass is 19.4. The van der Waals surface area contributed by atoms with Gasteiger partial charge in [0.1, 0.15) is 0 Å². The van der Waals surface area contributed by atoms with Crippen molar-refractivity contribution >= 4 is 5.91 Å². The molecule has 21 heavy (non-hydrogen) atoms. The number of nitrogens with zero attached hydrogens (tertiary/aromatic N) is 2. The maximum Gasteiger partial charge on any atom is 0.435 e. The molecule has 2 rings (SSSR count). The number of nitrogens with one attached hydrogen (secondary N) is 1. The number of aromatic nitrogens is 2. The SMILES string of the molecule is O=C(CCC1CCCC1)NCCn1ccc(C(F)(F)F)n1. The molecule has 0 bridgehead atoms. The fourth-order valence-electron chi connectivity index (χ4n) is 2.67. The van der Waals surface area contributed by atoms with Crippen LogP contribution in [0.2, 0.25) is 0 Å². The van der Waals surface area contributed by atoms with E-state index < -0.39 is 11.9 Å². The van der Waals surface area contributed by atoms with Crippen molar-refractivity contribution in [3.63, 3.8) is 0 Å². The molecule has 1 aliphatic carbocycles. The molecule has 1 fully saturated rings. The fourth-order valence-corrected chi connectivity index (χ4v) is 2.67. The first-order valence-corrected chi connectivity index (χ1v) is 7.32. The zero-order valence-electron chi connectivity index (χ0n) is 11.8. The molecule has 1 amide bonds. The lowest BCUT2D eigenvalue weighted by Crippen LogP contribution is -2.27. The lowest BCUT2D eigenvalue weighted by molar-refractivity contribution is -0.141. The van der Waals surface area contributed by atoms with Crippen molar-refractivity contribution in [3.05, 3.63) is 18.0 Å². The topological polar surface area (TPSA) is 46.9 Å². The van der Waals surface area contributed by atoms with Crippen LogP contribution < -0.4 is 5.32 Å². The second-order valence-electron chi connectivity index (χ2n) is 5.50. The van der Waals surface area contributed by atoms with Gasteiger partial charge in [-0.1, -0.05) is 25.7 Å². The van der Waals surface area contributed by atoms with Gasteiger partial charge in [-0.25, -0.2) is 0 Å². The largest absolute Gasteiger partial charge is 0.435 e. The van der Waals surface area contributed by atoms with Crippen LogP contribution in [0.5, 0.6) is 0 Å². The van der Waals surface area contributed by atoms with Crippen LogP contribution in [-0.4, -0.2) is 22.2 Å². The summed E-state index contributed by atoms with van der Waals surface area (Å²) in [6.07, 6.45) is 3.19. The summed E-state index contributed by atoms with van der Waals surface area (Å²) in [5.41, 5.74) is -0.907. The Kier molecular flexibility index (Phi) is 5.25. The van der Waals surface area contributed by atoms with Gasteiger partial charge in [0.15, 0.2) is 5.69 Å². The van der Waals surface area contributed by atoms with Gasteiger partial charge >= 0.3 is 6.18 Å². The van der Waals surface area contributed by atoms with E-state index in [4.69, 9.17) is 0 Å². The maximum atomic E-state index is 12.4. The second kappa shape index (κ2) is 6.95. The predicted molar refractivity (Wildman–Crippen MR) is 71.4 cm³/mol. The Balaban J connectivity index is 1.64. The minimum atomic E-state index is -4.42. The van der Waals surface area contributed by atoms with E-state index in [1.165, 1.54) is 36.6 Å². The van der Waals surface area contributed by atoms with Gasteiger partial charge in [-0.2, -0.15) is 18.3 Å². The van der Waals surface area contributed by atoms with Gasteiger partial charge in [0.25, 0.3) is 0 Å². The van der Waals surface area contributed by atoms with E-state index in [1.807, 2.05) is 0 Å². The van der Waals surface area contributed by atoms with Crippen LogP contribution in [0.25, 0.3) is 0 Å². The number of alkyl halides is 3.